The summed E-state index contributed by atoms with van der Waals surface area (Å²) in [6, 6.07) is 0. The van der Waals surface area contributed by atoms with Crippen LogP contribution in [0.3, 0.4) is 0 Å². The molecule has 1 aliphatic carbocycles. The van der Waals surface area contributed by atoms with E-state index in [9.17, 15) is 0 Å². The normalized spacial score (nSPS) is 18.7. The summed E-state index contributed by atoms with van der Waals surface area (Å²) in [5.41, 5.74) is 5.67. The zero-order valence-electron chi connectivity index (χ0n) is 10.4. The fourth-order valence-corrected chi connectivity index (χ4v) is 3.35. The Balaban J connectivity index is 1.84. The summed E-state index contributed by atoms with van der Waals surface area (Å²) >= 11 is 1.96. The SMILES string of the molecule is CCC(CN)c1nc(CSC2CCCC2)no1. The van der Waals surface area contributed by atoms with Crippen molar-refractivity contribution in [3.05, 3.63) is 11.7 Å². The van der Waals surface area contributed by atoms with Crippen LogP contribution in [0.1, 0.15) is 56.7 Å². The molecule has 0 aromatic carbocycles. The van der Waals surface area contributed by atoms with Crippen molar-refractivity contribution < 1.29 is 4.52 Å². The first-order valence-electron chi connectivity index (χ1n) is 6.47. The van der Waals surface area contributed by atoms with Gasteiger partial charge in [-0.15, -0.1) is 0 Å². The second kappa shape index (κ2) is 6.40. The Morgan fingerprint density at radius 2 is 2.24 bits per heavy atom. The third-order valence-electron chi connectivity index (χ3n) is 3.36. The van der Waals surface area contributed by atoms with Gasteiger partial charge in [-0.3, -0.25) is 0 Å². The van der Waals surface area contributed by atoms with Gasteiger partial charge in [0.25, 0.3) is 0 Å². The van der Waals surface area contributed by atoms with Crippen LogP contribution in [0.2, 0.25) is 0 Å². The van der Waals surface area contributed by atoms with Crippen molar-refractivity contribution in [2.45, 2.75) is 55.9 Å². The smallest absolute Gasteiger partial charge is 0.231 e. The molecule has 96 valence electrons. The van der Waals surface area contributed by atoms with Crippen LogP contribution in [-0.4, -0.2) is 21.9 Å². The van der Waals surface area contributed by atoms with Crippen LogP contribution in [0.5, 0.6) is 0 Å². The number of hydrogen-bond donors (Lipinski definition) is 1. The van der Waals surface area contributed by atoms with Crippen LogP contribution in [0.15, 0.2) is 4.52 Å². The van der Waals surface area contributed by atoms with E-state index in [-0.39, 0.29) is 5.92 Å². The molecule has 0 aliphatic heterocycles. The lowest BCUT2D eigenvalue weighted by Crippen LogP contribution is -2.11. The minimum Gasteiger partial charge on any atom is -0.339 e. The first kappa shape index (κ1) is 12.9. The van der Waals surface area contributed by atoms with E-state index in [4.69, 9.17) is 10.3 Å². The molecule has 1 aromatic heterocycles. The molecule has 0 bridgehead atoms. The maximum atomic E-state index is 5.67. The second-order valence-electron chi connectivity index (χ2n) is 4.61. The summed E-state index contributed by atoms with van der Waals surface area (Å²) in [6.45, 7) is 2.67. The van der Waals surface area contributed by atoms with Gasteiger partial charge in [0, 0.05) is 11.8 Å². The van der Waals surface area contributed by atoms with Gasteiger partial charge in [0.2, 0.25) is 5.89 Å². The van der Waals surface area contributed by atoms with Gasteiger partial charge in [0.05, 0.1) is 11.7 Å². The third-order valence-corrected chi connectivity index (χ3v) is 4.73. The number of hydrogen-bond acceptors (Lipinski definition) is 5. The molecule has 2 rings (SSSR count). The summed E-state index contributed by atoms with van der Waals surface area (Å²) in [5, 5.41) is 4.83. The van der Waals surface area contributed by atoms with Gasteiger partial charge >= 0.3 is 0 Å². The van der Waals surface area contributed by atoms with Gasteiger partial charge in [-0.1, -0.05) is 24.9 Å². The predicted molar refractivity (Wildman–Crippen MR) is 69.9 cm³/mol. The number of thioether (sulfide) groups is 1. The fraction of sp³-hybridized carbons (Fsp3) is 0.833. The van der Waals surface area contributed by atoms with Gasteiger partial charge in [0.1, 0.15) is 0 Å². The van der Waals surface area contributed by atoms with Crippen LogP contribution < -0.4 is 5.73 Å². The number of aromatic nitrogens is 2. The largest absolute Gasteiger partial charge is 0.339 e. The van der Waals surface area contributed by atoms with Crippen molar-refractivity contribution >= 4 is 11.8 Å². The van der Waals surface area contributed by atoms with Gasteiger partial charge in [0.15, 0.2) is 5.82 Å². The molecule has 1 saturated carbocycles. The molecule has 1 heterocycles. The van der Waals surface area contributed by atoms with E-state index in [1.165, 1.54) is 25.7 Å². The van der Waals surface area contributed by atoms with Crippen molar-refractivity contribution in [1.82, 2.24) is 10.1 Å². The van der Waals surface area contributed by atoms with E-state index < -0.39 is 0 Å². The number of rotatable bonds is 6. The lowest BCUT2D eigenvalue weighted by atomic mass is 10.1. The van der Waals surface area contributed by atoms with Crippen LogP contribution >= 0.6 is 11.8 Å². The second-order valence-corrected chi connectivity index (χ2v) is 5.90. The highest BCUT2D eigenvalue weighted by Gasteiger charge is 2.18. The Kier molecular flexibility index (Phi) is 4.86. The molecule has 2 N–H and O–H groups in total. The van der Waals surface area contributed by atoms with E-state index in [0.29, 0.717) is 12.4 Å². The van der Waals surface area contributed by atoms with Crippen molar-refractivity contribution in [3.8, 4) is 0 Å². The average Bonchev–Trinajstić information content (AvgIpc) is 2.99. The first-order valence-corrected chi connectivity index (χ1v) is 7.52. The van der Waals surface area contributed by atoms with E-state index in [2.05, 4.69) is 17.1 Å². The minimum atomic E-state index is 0.215. The average molecular weight is 255 g/mol. The number of nitrogens with zero attached hydrogens (tertiary/aromatic N) is 2. The zero-order valence-corrected chi connectivity index (χ0v) is 11.2. The molecule has 1 aliphatic rings. The summed E-state index contributed by atoms with van der Waals surface area (Å²) < 4.78 is 5.27. The molecule has 1 atom stereocenters. The Morgan fingerprint density at radius 3 is 2.88 bits per heavy atom. The van der Waals surface area contributed by atoms with Crippen molar-refractivity contribution in [3.63, 3.8) is 0 Å². The Labute approximate surface area is 107 Å². The monoisotopic (exact) mass is 255 g/mol. The maximum absolute atomic E-state index is 5.67. The fourth-order valence-electron chi connectivity index (χ4n) is 2.18. The zero-order chi connectivity index (χ0) is 12.1. The molecule has 0 saturated heterocycles. The highest BCUT2D eigenvalue weighted by atomic mass is 32.2. The highest BCUT2D eigenvalue weighted by Crippen LogP contribution is 2.31. The van der Waals surface area contributed by atoms with E-state index in [1.54, 1.807) is 0 Å². The van der Waals surface area contributed by atoms with E-state index in [1.807, 2.05) is 11.8 Å². The quantitative estimate of drug-likeness (QED) is 0.846. The summed E-state index contributed by atoms with van der Waals surface area (Å²) in [5.74, 6) is 2.61. The molecule has 5 heteroatoms. The highest BCUT2D eigenvalue weighted by molar-refractivity contribution is 7.99. The minimum absolute atomic E-state index is 0.215. The van der Waals surface area contributed by atoms with E-state index >= 15 is 0 Å². The molecular weight excluding hydrogens is 234 g/mol. The van der Waals surface area contributed by atoms with Crippen molar-refractivity contribution in [2.24, 2.45) is 5.73 Å². The van der Waals surface area contributed by atoms with Crippen molar-refractivity contribution in [1.29, 1.82) is 0 Å². The Bertz CT molecular complexity index is 332. The summed E-state index contributed by atoms with van der Waals surface area (Å²) in [7, 11) is 0. The van der Waals surface area contributed by atoms with Crippen LogP contribution in [-0.2, 0) is 5.75 Å². The molecule has 4 nitrogen and oxygen atoms in total. The lowest BCUT2D eigenvalue weighted by Gasteiger charge is -2.05. The van der Waals surface area contributed by atoms with Crippen LogP contribution in [0, 0.1) is 0 Å². The molecule has 17 heavy (non-hydrogen) atoms. The lowest BCUT2D eigenvalue weighted by molar-refractivity contribution is 0.348. The number of nitrogens with two attached hydrogens (primary N) is 1. The van der Waals surface area contributed by atoms with Gasteiger partial charge in [-0.25, -0.2) is 0 Å². The molecule has 0 spiro atoms. The third kappa shape index (κ3) is 3.45. The molecule has 1 fully saturated rings. The van der Waals surface area contributed by atoms with Crippen LogP contribution in [0.25, 0.3) is 0 Å². The molecular formula is C12H21N3OS. The Morgan fingerprint density at radius 1 is 1.47 bits per heavy atom. The Hall–Kier alpha value is -0.550. The molecule has 1 aromatic rings. The first-order chi connectivity index (χ1) is 8.33. The van der Waals surface area contributed by atoms with Gasteiger partial charge < -0.3 is 10.3 Å². The topological polar surface area (TPSA) is 64.9 Å². The van der Waals surface area contributed by atoms with Crippen LogP contribution in [0.4, 0.5) is 0 Å². The summed E-state index contributed by atoms with van der Waals surface area (Å²) in [6.07, 6.45) is 6.39. The van der Waals surface area contributed by atoms with Crippen molar-refractivity contribution in [2.75, 3.05) is 6.54 Å². The predicted octanol–water partition coefficient (Wildman–Crippen LogP) is 2.70. The standard InChI is InChI=1S/C12H21N3OS/c1-2-9(7-13)12-14-11(15-16-12)8-17-10-5-3-4-6-10/h9-10H,2-8,13H2,1H3. The van der Waals surface area contributed by atoms with Gasteiger partial charge in [-0.2, -0.15) is 16.7 Å². The van der Waals surface area contributed by atoms with Gasteiger partial charge in [-0.05, 0) is 19.3 Å². The molecule has 0 radical (unpaired) electrons. The maximum Gasteiger partial charge on any atom is 0.231 e. The molecule has 1 unspecified atom stereocenters. The summed E-state index contributed by atoms with van der Waals surface area (Å²) in [4.78, 5) is 4.43. The molecule has 0 amide bonds. The van der Waals surface area contributed by atoms with E-state index in [0.717, 1.165) is 23.2 Å².